The van der Waals surface area contributed by atoms with Crippen molar-refractivity contribution in [3.63, 3.8) is 0 Å². The average molecular weight is 283 g/mol. The Morgan fingerprint density at radius 3 is 2.55 bits per heavy atom. The summed E-state index contributed by atoms with van der Waals surface area (Å²) in [6, 6.07) is 5.26. The van der Waals surface area contributed by atoms with E-state index in [2.05, 4.69) is 10.3 Å². The van der Waals surface area contributed by atoms with Crippen LogP contribution in [0.5, 0.6) is 0 Å². The summed E-state index contributed by atoms with van der Waals surface area (Å²) in [6.07, 6.45) is -2.48. The van der Waals surface area contributed by atoms with Crippen molar-refractivity contribution in [3.05, 3.63) is 41.7 Å². The van der Waals surface area contributed by atoms with Gasteiger partial charge in [-0.05, 0) is 39.0 Å². The molecule has 1 aromatic heterocycles. The second-order valence-corrected chi connectivity index (χ2v) is 4.91. The van der Waals surface area contributed by atoms with Gasteiger partial charge in [-0.3, -0.25) is 0 Å². The first-order valence-corrected chi connectivity index (χ1v) is 6.27. The molecule has 0 saturated heterocycles. The van der Waals surface area contributed by atoms with Crippen LogP contribution in [0.1, 0.15) is 31.1 Å². The number of aromatic nitrogens is 2. The maximum atomic E-state index is 12.7. The fourth-order valence-electron chi connectivity index (χ4n) is 1.90. The van der Waals surface area contributed by atoms with Crippen LogP contribution in [0.4, 0.5) is 24.8 Å². The molecule has 0 unspecified atom stereocenters. The number of halogens is 3. The molecule has 3 nitrogen and oxygen atoms in total. The molecule has 20 heavy (non-hydrogen) atoms. The van der Waals surface area contributed by atoms with Gasteiger partial charge in [0, 0.05) is 17.9 Å². The number of benzene rings is 1. The highest BCUT2D eigenvalue weighted by Crippen LogP contribution is 2.31. The number of aryl methyl sites for hydroxylation is 1. The number of hydrogen-bond donors (Lipinski definition) is 1. The van der Waals surface area contributed by atoms with Gasteiger partial charge in [0.1, 0.15) is 0 Å². The molecular weight excluding hydrogens is 267 g/mol. The zero-order valence-corrected chi connectivity index (χ0v) is 11.5. The van der Waals surface area contributed by atoms with Crippen molar-refractivity contribution < 1.29 is 13.2 Å². The number of nitrogens with zero attached hydrogens (tertiary/aromatic N) is 2. The van der Waals surface area contributed by atoms with Gasteiger partial charge in [-0.25, -0.2) is 4.98 Å². The highest BCUT2D eigenvalue weighted by molar-refractivity contribution is 5.55. The van der Waals surface area contributed by atoms with E-state index in [-0.39, 0.29) is 6.04 Å². The Balaban J connectivity index is 2.31. The molecule has 6 heteroatoms. The van der Waals surface area contributed by atoms with E-state index in [1.807, 2.05) is 31.5 Å². The van der Waals surface area contributed by atoms with Crippen molar-refractivity contribution in [1.29, 1.82) is 0 Å². The standard InChI is InChI=1S/C14H16F3N3/c1-9(2)20-8-10(3)18-13(20)19-12-6-4-5-11(7-12)14(15,16)17/h4-9H,1-3H3,(H,18,19). The van der Waals surface area contributed by atoms with Gasteiger partial charge in [0.15, 0.2) is 0 Å². The maximum absolute atomic E-state index is 12.7. The third-order valence-electron chi connectivity index (χ3n) is 2.86. The maximum Gasteiger partial charge on any atom is 0.416 e. The first-order valence-electron chi connectivity index (χ1n) is 6.27. The Hall–Kier alpha value is -1.98. The quantitative estimate of drug-likeness (QED) is 0.896. The topological polar surface area (TPSA) is 29.9 Å². The summed E-state index contributed by atoms with van der Waals surface area (Å²) in [5.41, 5.74) is 0.502. The summed E-state index contributed by atoms with van der Waals surface area (Å²) in [5.74, 6) is 0.539. The van der Waals surface area contributed by atoms with E-state index in [1.165, 1.54) is 6.07 Å². The van der Waals surface area contributed by atoms with Crippen LogP contribution in [0.25, 0.3) is 0 Å². The normalized spacial score (nSPS) is 11.9. The van der Waals surface area contributed by atoms with Crippen molar-refractivity contribution in [2.45, 2.75) is 33.0 Å². The van der Waals surface area contributed by atoms with E-state index in [4.69, 9.17) is 0 Å². The minimum absolute atomic E-state index is 0.171. The van der Waals surface area contributed by atoms with Gasteiger partial charge in [0.25, 0.3) is 0 Å². The summed E-state index contributed by atoms with van der Waals surface area (Å²) < 4.78 is 39.9. The molecule has 1 heterocycles. The predicted octanol–water partition coefficient (Wildman–Crippen LogP) is 4.53. The van der Waals surface area contributed by atoms with Crippen molar-refractivity contribution in [2.75, 3.05) is 5.32 Å². The molecular formula is C14H16F3N3. The minimum Gasteiger partial charge on any atom is -0.326 e. The zero-order chi connectivity index (χ0) is 14.9. The Labute approximate surface area is 115 Å². The van der Waals surface area contributed by atoms with Gasteiger partial charge < -0.3 is 9.88 Å². The Morgan fingerprint density at radius 2 is 1.95 bits per heavy atom. The summed E-state index contributed by atoms with van der Waals surface area (Å²) in [6.45, 7) is 5.81. The summed E-state index contributed by atoms with van der Waals surface area (Å²) in [5, 5.41) is 2.94. The molecule has 0 aliphatic rings. The molecule has 1 aromatic carbocycles. The van der Waals surface area contributed by atoms with Crippen molar-refractivity contribution >= 4 is 11.6 Å². The van der Waals surface area contributed by atoms with Crippen LogP contribution < -0.4 is 5.32 Å². The lowest BCUT2D eigenvalue weighted by Crippen LogP contribution is -2.07. The van der Waals surface area contributed by atoms with E-state index in [1.54, 1.807) is 6.07 Å². The van der Waals surface area contributed by atoms with Crippen molar-refractivity contribution in [1.82, 2.24) is 9.55 Å². The first-order chi connectivity index (χ1) is 9.27. The molecule has 0 atom stereocenters. The average Bonchev–Trinajstić information content (AvgIpc) is 2.69. The van der Waals surface area contributed by atoms with Gasteiger partial charge >= 0.3 is 6.18 Å². The number of imidazole rings is 1. The van der Waals surface area contributed by atoms with Gasteiger partial charge in [0.05, 0.1) is 11.3 Å². The van der Waals surface area contributed by atoms with Crippen molar-refractivity contribution in [3.8, 4) is 0 Å². The molecule has 1 N–H and O–H groups in total. The molecule has 0 radical (unpaired) electrons. The lowest BCUT2D eigenvalue weighted by atomic mass is 10.2. The predicted molar refractivity (Wildman–Crippen MR) is 72.1 cm³/mol. The largest absolute Gasteiger partial charge is 0.416 e. The number of rotatable bonds is 3. The van der Waals surface area contributed by atoms with E-state index >= 15 is 0 Å². The molecule has 0 saturated carbocycles. The molecule has 0 amide bonds. The van der Waals surface area contributed by atoms with Gasteiger partial charge in [-0.15, -0.1) is 0 Å². The van der Waals surface area contributed by atoms with Gasteiger partial charge in [-0.2, -0.15) is 13.2 Å². The second kappa shape index (κ2) is 5.19. The van der Waals surface area contributed by atoms with Crippen LogP contribution in [-0.2, 0) is 6.18 Å². The SMILES string of the molecule is Cc1cn(C(C)C)c(Nc2cccc(C(F)(F)F)c2)n1. The summed E-state index contributed by atoms with van der Waals surface area (Å²) in [4.78, 5) is 4.29. The molecule has 0 aliphatic heterocycles. The lowest BCUT2D eigenvalue weighted by molar-refractivity contribution is -0.137. The van der Waals surface area contributed by atoms with Gasteiger partial charge in [0.2, 0.25) is 5.95 Å². The van der Waals surface area contributed by atoms with E-state index in [9.17, 15) is 13.2 Å². The number of anilines is 2. The highest BCUT2D eigenvalue weighted by Gasteiger charge is 2.30. The fourth-order valence-corrected chi connectivity index (χ4v) is 1.90. The van der Waals surface area contributed by atoms with Crippen molar-refractivity contribution in [2.24, 2.45) is 0 Å². The van der Waals surface area contributed by atoms with Gasteiger partial charge in [-0.1, -0.05) is 6.07 Å². The minimum atomic E-state index is -4.35. The second-order valence-electron chi connectivity index (χ2n) is 4.91. The molecule has 0 spiro atoms. The zero-order valence-electron chi connectivity index (χ0n) is 11.5. The molecule has 2 rings (SSSR count). The number of hydrogen-bond acceptors (Lipinski definition) is 2. The molecule has 2 aromatic rings. The van der Waals surface area contributed by atoms with Crippen LogP contribution in [0.15, 0.2) is 30.5 Å². The van der Waals surface area contributed by atoms with Crippen LogP contribution in [0.3, 0.4) is 0 Å². The molecule has 0 bridgehead atoms. The van der Waals surface area contributed by atoms with Crippen LogP contribution in [-0.4, -0.2) is 9.55 Å². The smallest absolute Gasteiger partial charge is 0.326 e. The Bertz CT molecular complexity index is 600. The number of alkyl halides is 3. The molecule has 108 valence electrons. The van der Waals surface area contributed by atoms with E-state index < -0.39 is 11.7 Å². The first kappa shape index (κ1) is 14.4. The third-order valence-corrected chi connectivity index (χ3v) is 2.86. The summed E-state index contributed by atoms with van der Waals surface area (Å²) >= 11 is 0. The van der Waals surface area contributed by atoms with E-state index in [0.29, 0.717) is 11.6 Å². The van der Waals surface area contributed by atoms with Crippen LogP contribution in [0.2, 0.25) is 0 Å². The Morgan fingerprint density at radius 1 is 1.25 bits per heavy atom. The Kier molecular flexibility index (Phi) is 3.74. The lowest BCUT2D eigenvalue weighted by Gasteiger charge is -2.14. The van der Waals surface area contributed by atoms with Crippen LogP contribution >= 0.6 is 0 Å². The fraction of sp³-hybridized carbons (Fsp3) is 0.357. The van der Waals surface area contributed by atoms with E-state index in [0.717, 1.165) is 17.8 Å². The number of nitrogens with one attached hydrogen (secondary N) is 1. The molecule has 0 aliphatic carbocycles. The third kappa shape index (κ3) is 3.12. The monoisotopic (exact) mass is 283 g/mol. The van der Waals surface area contributed by atoms with Crippen LogP contribution in [0, 0.1) is 6.92 Å². The molecule has 0 fully saturated rings. The summed E-state index contributed by atoms with van der Waals surface area (Å²) in [7, 11) is 0. The highest BCUT2D eigenvalue weighted by atomic mass is 19.4.